The Morgan fingerprint density at radius 1 is 1.17 bits per heavy atom. The van der Waals surface area contributed by atoms with E-state index in [1.807, 2.05) is 30.3 Å². The number of benzene rings is 1. The van der Waals surface area contributed by atoms with Crippen LogP contribution < -0.4 is 5.32 Å². The molecule has 24 heavy (non-hydrogen) atoms. The summed E-state index contributed by atoms with van der Waals surface area (Å²) >= 11 is 0. The molecule has 0 saturated carbocycles. The standard InChI is InChI=1S/C19H17NO4/c1-2-13-24-19(22)16(20-18(21)17-12-7-14-23-17)11-6-10-15-8-4-3-5-9-15/h2-12,14H,1,13H2,(H,20,21)/b10-6+,16-11-. The molecule has 1 N–H and O–H groups in total. The Balaban J connectivity index is 2.13. The van der Waals surface area contributed by atoms with E-state index in [-0.39, 0.29) is 18.1 Å². The predicted octanol–water partition coefficient (Wildman–Crippen LogP) is 3.34. The van der Waals surface area contributed by atoms with Crippen LogP contribution in [-0.4, -0.2) is 18.5 Å². The van der Waals surface area contributed by atoms with Gasteiger partial charge in [-0.15, -0.1) is 0 Å². The Bertz CT molecular complexity index is 743. The van der Waals surface area contributed by atoms with Gasteiger partial charge in [0, 0.05) is 0 Å². The molecule has 2 aromatic rings. The Kier molecular flexibility index (Phi) is 6.35. The summed E-state index contributed by atoms with van der Waals surface area (Å²) < 4.78 is 9.98. The normalized spacial score (nSPS) is 11.2. The van der Waals surface area contributed by atoms with Crippen LogP contribution in [0.2, 0.25) is 0 Å². The molecular formula is C19H17NO4. The van der Waals surface area contributed by atoms with E-state index in [2.05, 4.69) is 11.9 Å². The van der Waals surface area contributed by atoms with Crippen molar-refractivity contribution in [2.75, 3.05) is 6.61 Å². The third kappa shape index (κ3) is 5.14. The molecule has 0 aliphatic rings. The molecule has 1 aromatic carbocycles. The first-order valence-electron chi connectivity index (χ1n) is 7.27. The zero-order valence-electron chi connectivity index (χ0n) is 13.0. The molecule has 0 aliphatic heterocycles. The van der Waals surface area contributed by atoms with E-state index < -0.39 is 11.9 Å². The third-order valence-electron chi connectivity index (χ3n) is 2.90. The molecule has 122 valence electrons. The van der Waals surface area contributed by atoms with Crippen LogP contribution in [0.25, 0.3) is 6.08 Å². The molecule has 5 nitrogen and oxygen atoms in total. The number of amides is 1. The molecule has 0 fully saturated rings. The number of esters is 1. The average molecular weight is 323 g/mol. The molecule has 5 heteroatoms. The van der Waals surface area contributed by atoms with E-state index in [4.69, 9.17) is 9.15 Å². The number of hydrogen-bond donors (Lipinski definition) is 1. The highest BCUT2D eigenvalue weighted by atomic mass is 16.5. The fourth-order valence-electron chi connectivity index (χ4n) is 1.78. The summed E-state index contributed by atoms with van der Waals surface area (Å²) in [5.41, 5.74) is 0.968. The van der Waals surface area contributed by atoms with Crippen molar-refractivity contribution >= 4 is 18.0 Å². The zero-order chi connectivity index (χ0) is 17.2. The van der Waals surface area contributed by atoms with Gasteiger partial charge in [-0.25, -0.2) is 4.79 Å². The fraction of sp³-hybridized carbons (Fsp3) is 0.0526. The maximum absolute atomic E-state index is 12.0. The monoisotopic (exact) mass is 323 g/mol. The van der Waals surface area contributed by atoms with Gasteiger partial charge in [0.25, 0.3) is 5.91 Å². The van der Waals surface area contributed by atoms with Gasteiger partial charge in [0.15, 0.2) is 5.76 Å². The Hall–Kier alpha value is -3.34. The topological polar surface area (TPSA) is 68.5 Å². The highest BCUT2D eigenvalue weighted by Crippen LogP contribution is 2.05. The molecule has 1 amide bonds. The Labute approximate surface area is 139 Å². The van der Waals surface area contributed by atoms with Gasteiger partial charge < -0.3 is 14.5 Å². The predicted molar refractivity (Wildman–Crippen MR) is 90.9 cm³/mol. The number of furan rings is 1. The first kappa shape index (κ1) is 17.0. The minimum Gasteiger partial charge on any atom is -0.459 e. The second-order valence-electron chi connectivity index (χ2n) is 4.67. The highest BCUT2D eigenvalue weighted by molar-refractivity contribution is 5.99. The quantitative estimate of drug-likeness (QED) is 0.367. The van der Waals surface area contributed by atoms with E-state index in [0.717, 1.165) is 5.56 Å². The minimum absolute atomic E-state index is 0.00503. The van der Waals surface area contributed by atoms with Gasteiger partial charge >= 0.3 is 5.97 Å². The van der Waals surface area contributed by atoms with Crippen molar-refractivity contribution in [2.24, 2.45) is 0 Å². The zero-order valence-corrected chi connectivity index (χ0v) is 13.0. The molecule has 0 atom stereocenters. The fourth-order valence-corrected chi connectivity index (χ4v) is 1.78. The second-order valence-corrected chi connectivity index (χ2v) is 4.67. The van der Waals surface area contributed by atoms with E-state index in [1.165, 1.54) is 24.5 Å². The second kappa shape index (κ2) is 8.95. The molecule has 0 bridgehead atoms. The summed E-state index contributed by atoms with van der Waals surface area (Å²) in [6.45, 7) is 3.53. The van der Waals surface area contributed by atoms with Crippen molar-refractivity contribution in [1.29, 1.82) is 0 Å². The van der Waals surface area contributed by atoms with Crippen LogP contribution in [-0.2, 0) is 9.53 Å². The van der Waals surface area contributed by atoms with Gasteiger partial charge in [-0.2, -0.15) is 0 Å². The molecule has 0 radical (unpaired) electrons. The summed E-state index contributed by atoms with van der Waals surface area (Å²) in [4.78, 5) is 24.1. The average Bonchev–Trinajstić information content (AvgIpc) is 3.14. The molecule has 1 heterocycles. The van der Waals surface area contributed by atoms with Crippen molar-refractivity contribution in [3.63, 3.8) is 0 Å². The van der Waals surface area contributed by atoms with Crippen LogP contribution in [0, 0.1) is 0 Å². The van der Waals surface area contributed by atoms with Crippen molar-refractivity contribution in [1.82, 2.24) is 5.32 Å². The number of carbonyl (C=O) groups is 2. The van der Waals surface area contributed by atoms with E-state index in [0.29, 0.717) is 0 Å². The molecule has 2 rings (SSSR count). The highest BCUT2D eigenvalue weighted by Gasteiger charge is 2.16. The lowest BCUT2D eigenvalue weighted by Crippen LogP contribution is -2.28. The third-order valence-corrected chi connectivity index (χ3v) is 2.90. The molecular weight excluding hydrogens is 306 g/mol. The lowest BCUT2D eigenvalue weighted by molar-refractivity contribution is -0.138. The Morgan fingerprint density at radius 2 is 1.96 bits per heavy atom. The summed E-state index contributed by atoms with van der Waals surface area (Å²) in [5.74, 6) is -1.09. The summed E-state index contributed by atoms with van der Waals surface area (Å²) in [6, 6.07) is 12.6. The van der Waals surface area contributed by atoms with Crippen LogP contribution in [0.5, 0.6) is 0 Å². The number of ether oxygens (including phenoxy) is 1. The van der Waals surface area contributed by atoms with Crippen molar-refractivity contribution in [3.05, 3.63) is 90.6 Å². The first-order valence-corrected chi connectivity index (χ1v) is 7.27. The first-order chi connectivity index (χ1) is 11.7. The number of rotatable bonds is 7. The molecule has 0 unspecified atom stereocenters. The van der Waals surface area contributed by atoms with Gasteiger partial charge in [-0.05, 0) is 23.8 Å². The van der Waals surface area contributed by atoms with E-state index >= 15 is 0 Å². The van der Waals surface area contributed by atoms with Crippen LogP contribution in [0.4, 0.5) is 0 Å². The molecule has 0 spiro atoms. The Morgan fingerprint density at radius 3 is 2.62 bits per heavy atom. The molecule has 1 aromatic heterocycles. The van der Waals surface area contributed by atoms with Crippen molar-refractivity contribution in [3.8, 4) is 0 Å². The summed E-state index contributed by atoms with van der Waals surface area (Å²) in [5, 5.41) is 2.48. The SMILES string of the molecule is C=CCOC(=O)/C(=C/C=C/c1ccccc1)NC(=O)c1ccco1. The largest absolute Gasteiger partial charge is 0.459 e. The number of carbonyl (C=O) groups excluding carboxylic acids is 2. The van der Waals surface area contributed by atoms with Crippen LogP contribution in [0.15, 0.2) is 83.6 Å². The maximum Gasteiger partial charge on any atom is 0.355 e. The maximum atomic E-state index is 12.0. The van der Waals surface area contributed by atoms with Crippen LogP contribution >= 0.6 is 0 Å². The van der Waals surface area contributed by atoms with E-state index in [1.54, 1.807) is 18.2 Å². The van der Waals surface area contributed by atoms with Crippen molar-refractivity contribution in [2.45, 2.75) is 0 Å². The smallest absolute Gasteiger partial charge is 0.355 e. The lowest BCUT2D eigenvalue weighted by atomic mass is 10.2. The number of allylic oxidation sites excluding steroid dienone is 2. The van der Waals surface area contributed by atoms with Gasteiger partial charge in [0.05, 0.1) is 6.26 Å². The van der Waals surface area contributed by atoms with Gasteiger partial charge in [0.1, 0.15) is 12.3 Å². The number of nitrogens with one attached hydrogen (secondary N) is 1. The molecule has 0 saturated heterocycles. The van der Waals surface area contributed by atoms with Gasteiger partial charge in [0.2, 0.25) is 0 Å². The van der Waals surface area contributed by atoms with Crippen LogP contribution in [0.3, 0.4) is 0 Å². The van der Waals surface area contributed by atoms with Crippen LogP contribution in [0.1, 0.15) is 16.1 Å². The minimum atomic E-state index is -0.660. The number of hydrogen-bond acceptors (Lipinski definition) is 4. The molecule has 0 aliphatic carbocycles. The van der Waals surface area contributed by atoms with E-state index in [9.17, 15) is 9.59 Å². The van der Waals surface area contributed by atoms with Crippen molar-refractivity contribution < 1.29 is 18.7 Å². The van der Waals surface area contributed by atoms with Gasteiger partial charge in [-0.1, -0.05) is 55.1 Å². The lowest BCUT2D eigenvalue weighted by Gasteiger charge is -2.07. The van der Waals surface area contributed by atoms with Gasteiger partial charge in [-0.3, -0.25) is 4.79 Å². The summed E-state index contributed by atoms with van der Waals surface area (Å²) in [7, 11) is 0. The summed E-state index contributed by atoms with van der Waals surface area (Å²) in [6.07, 6.45) is 7.76.